The van der Waals surface area contributed by atoms with Crippen molar-refractivity contribution in [3.8, 4) is 0 Å². The Labute approximate surface area is 176 Å². The van der Waals surface area contributed by atoms with Gasteiger partial charge in [-0.1, -0.05) is 12.1 Å². The number of benzene rings is 2. The molecule has 0 radical (unpaired) electrons. The van der Waals surface area contributed by atoms with Crippen LogP contribution in [0.3, 0.4) is 0 Å². The third kappa shape index (κ3) is 5.40. The van der Waals surface area contributed by atoms with Gasteiger partial charge in [0.05, 0.1) is 13.2 Å². The fourth-order valence-corrected chi connectivity index (χ4v) is 4.46. The van der Waals surface area contributed by atoms with Gasteiger partial charge in [0.15, 0.2) is 0 Å². The summed E-state index contributed by atoms with van der Waals surface area (Å²) >= 11 is 0. The molecule has 2 amide bonds. The van der Waals surface area contributed by atoms with E-state index in [0.717, 1.165) is 10.4 Å². The first-order chi connectivity index (χ1) is 14.7. The van der Waals surface area contributed by atoms with Crippen LogP contribution >= 0.6 is 0 Å². The number of nitrogens with zero attached hydrogens (tertiary/aromatic N) is 1. The van der Waals surface area contributed by atoms with Crippen LogP contribution in [0.2, 0.25) is 0 Å². The van der Waals surface area contributed by atoms with E-state index in [1.165, 1.54) is 24.3 Å². The third-order valence-corrected chi connectivity index (χ3v) is 6.34. The molecule has 0 aliphatic carbocycles. The Morgan fingerprint density at radius 1 is 1.00 bits per heavy atom. The zero-order valence-corrected chi connectivity index (χ0v) is 16.8. The van der Waals surface area contributed by atoms with Crippen molar-refractivity contribution in [3.05, 3.63) is 65.5 Å². The van der Waals surface area contributed by atoms with Gasteiger partial charge in [0, 0.05) is 13.1 Å². The molecule has 1 aliphatic heterocycles. The highest BCUT2D eigenvalue weighted by molar-refractivity contribution is 7.89. The van der Waals surface area contributed by atoms with E-state index < -0.39 is 50.4 Å². The number of amides is 2. The van der Waals surface area contributed by atoms with Crippen molar-refractivity contribution in [2.24, 2.45) is 0 Å². The van der Waals surface area contributed by atoms with E-state index in [2.05, 4.69) is 10.6 Å². The number of nitrogens with one attached hydrogen (secondary N) is 2. The van der Waals surface area contributed by atoms with Gasteiger partial charge in [-0.2, -0.15) is 4.31 Å². The van der Waals surface area contributed by atoms with Gasteiger partial charge < -0.3 is 15.4 Å². The minimum atomic E-state index is -4.45. The molecule has 2 N–H and O–H groups in total. The predicted octanol–water partition coefficient (Wildman–Crippen LogP) is 0.883. The molecule has 2 aromatic carbocycles. The third-order valence-electron chi connectivity index (χ3n) is 4.43. The van der Waals surface area contributed by atoms with Crippen LogP contribution in [-0.2, 0) is 30.9 Å². The minimum Gasteiger partial charge on any atom is -0.359 e. The van der Waals surface area contributed by atoms with E-state index in [1.807, 2.05) is 0 Å². The van der Waals surface area contributed by atoms with Crippen LogP contribution in [0, 0.1) is 17.5 Å². The highest BCUT2D eigenvalue weighted by Crippen LogP contribution is 2.25. The first kappa shape index (κ1) is 22.7. The molecule has 0 spiro atoms. The second-order valence-electron chi connectivity index (χ2n) is 6.54. The van der Waals surface area contributed by atoms with Crippen LogP contribution in [0.25, 0.3) is 0 Å². The number of sulfonamides is 1. The summed E-state index contributed by atoms with van der Waals surface area (Å²) in [5.41, 5.74) is 0.566. The van der Waals surface area contributed by atoms with Crippen LogP contribution in [0.5, 0.6) is 0 Å². The summed E-state index contributed by atoms with van der Waals surface area (Å²) in [6.07, 6.45) is -1.21. The van der Waals surface area contributed by atoms with E-state index >= 15 is 0 Å². The van der Waals surface area contributed by atoms with Crippen molar-refractivity contribution in [1.29, 1.82) is 0 Å². The Kier molecular flexibility index (Phi) is 6.93. The normalized spacial score (nSPS) is 16.8. The molecule has 0 saturated carbocycles. The summed E-state index contributed by atoms with van der Waals surface area (Å²) in [5.74, 6) is -4.54. The smallest absolute Gasteiger partial charge is 0.309 e. The molecule has 0 aromatic heterocycles. The standard InChI is InChI=1S/C19H18F3N3O5S/c20-13-3-1-12(2-4-13)10-23-18(26)19(27)24-11-17-25(7-8-30-17)31(28,29)16-9-14(21)5-6-15(16)22/h1-6,9,17H,7-8,10-11H2,(H,23,26)(H,24,27)/t17-/m1/s1. The number of carbonyl (C=O) groups is 2. The maximum atomic E-state index is 14.0. The van der Waals surface area contributed by atoms with E-state index in [-0.39, 0.29) is 26.2 Å². The van der Waals surface area contributed by atoms with E-state index in [0.29, 0.717) is 17.7 Å². The van der Waals surface area contributed by atoms with Crippen molar-refractivity contribution < 1.29 is 35.9 Å². The van der Waals surface area contributed by atoms with Crippen molar-refractivity contribution in [1.82, 2.24) is 14.9 Å². The topological polar surface area (TPSA) is 105 Å². The summed E-state index contributed by atoms with van der Waals surface area (Å²) in [6.45, 7) is -0.589. The van der Waals surface area contributed by atoms with Gasteiger partial charge in [-0.05, 0) is 35.9 Å². The van der Waals surface area contributed by atoms with Crippen LogP contribution in [0.1, 0.15) is 5.56 Å². The molecule has 31 heavy (non-hydrogen) atoms. The van der Waals surface area contributed by atoms with Crippen molar-refractivity contribution in [2.45, 2.75) is 17.7 Å². The van der Waals surface area contributed by atoms with E-state index in [4.69, 9.17) is 4.74 Å². The van der Waals surface area contributed by atoms with Crippen molar-refractivity contribution in [2.75, 3.05) is 19.7 Å². The van der Waals surface area contributed by atoms with E-state index in [1.54, 1.807) is 0 Å². The lowest BCUT2D eigenvalue weighted by Gasteiger charge is -2.23. The molecule has 0 unspecified atom stereocenters. The lowest BCUT2D eigenvalue weighted by Crippen LogP contribution is -2.47. The van der Waals surface area contributed by atoms with Gasteiger partial charge in [-0.3, -0.25) is 9.59 Å². The summed E-state index contributed by atoms with van der Waals surface area (Å²) in [5, 5.41) is 4.58. The molecular formula is C19H18F3N3O5S. The van der Waals surface area contributed by atoms with Crippen LogP contribution in [-0.4, -0.2) is 50.5 Å². The fraction of sp³-hybridized carbons (Fsp3) is 0.263. The number of hydrogen-bond acceptors (Lipinski definition) is 5. The highest BCUT2D eigenvalue weighted by atomic mass is 32.2. The minimum absolute atomic E-state index is 0.0220. The maximum Gasteiger partial charge on any atom is 0.309 e. The van der Waals surface area contributed by atoms with Gasteiger partial charge in [-0.25, -0.2) is 21.6 Å². The molecule has 1 fully saturated rings. The summed E-state index contributed by atoms with van der Waals surface area (Å²) < 4.78 is 71.7. The molecule has 1 saturated heterocycles. The summed E-state index contributed by atoms with van der Waals surface area (Å²) in [7, 11) is -4.45. The average molecular weight is 457 g/mol. The molecule has 1 atom stereocenters. The Bertz CT molecular complexity index is 1080. The number of carbonyl (C=O) groups excluding carboxylic acids is 2. The van der Waals surface area contributed by atoms with Gasteiger partial charge in [-0.15, -0.1) is 0 Å². The monoisotopic (exact) mass is 457 g/mol. The first-order valence-corrected chi connectivity index (χ1v) is 10.5. The average Bonchev–Trinajstić information content (AvgIpc) is 3.22. The van der Waals surface area contributed by atoms with Gasteiger partial charge >= 0.3 is 11.8 Å². The number of rotatable bonds is 6. The van der Waals surface area contributed by atoms with Crippen molar-refractivity contribution >= 4 is 21.8 Å². The maximum absolute atomic E-state index is 14.0. The molecule has 8 nitrogen and oxygen atoms in total. The lowest BCUT2D eigenvalue weighted by molar-refractivity contribution is -0.139. The fourth-order valence-electron chi connectivity index (χ4n) is 2.87. The Balaban J connectivity index is 1.59. The zero-order valence-electron chi connectivity index (χ0n) is 16.0. The molecule has 12 heteroatoms. The number of halogens is 3. The molecule has 166 valence electrons. The molecule has 1 aliphatic rings. The summed E-state index contributed by atoms with van der Waals surface area (Å²) in [4.78, 5) is 23.0. The Morgan fingerprint density at radius 3 is 2.35 bits per heavy atom. The summed E-state index contributed by atoms with van der Waals surface area (Å²) in [6, 6.07) is 7.33. The highest BCUT2D eigenvalue weighted by Gasteiger charge is 2.38. The molecule has 3 rings (SSSR count). The zero-order chi connectivity index (χ0) is 22.6. The quantitative estimate of drug-likeness (QED) is 0.627. The van der Waals surface area contributed by atoms with Crippen LogP contribution in [0.4, 0.5) is 13.2 Å². The van der Waals surface area contributed by atoms with Crippen LogP contribution < -0.4 is 10.6 Å². The first-order valence-electron chi connectivity index (χ1n) is 9.07. The second kappa shape index (κ2) is 9.45. The number of ether oxygens (including phenoxy) is 1. The molecule has 2 aromatic rings. The van der Waals surface area contributed by atoms with Crippen LogP contribution in [0.15, 0.2) is 47.4 Å². The van der Waals surface area contributed by atoms with Gasteiger partial charge in [0.25, 0.3) is 0 Å². The Morgan fingerprint density at radius 2 is 1.65 bits per heavy atom. The Hall–Kier alpha value is -2.96. The SMILES string of the molecule is O=C(NCc1ccc(F)cc1)C(=O)NC[C@H]1OCCN1S(=O)(=O)c1cc(F)ccc1F. The molecule has 0 bridgehead atoms. The lowest BCUT2D eigenvalue weighted by atomic mass is 10.2. The second-order valence-corrected chi connectivity index (χ2v) is 8.39. The largest absolute Gasteiger partial charge is 0.359 e. The molecule has 1 heterocycles. The van der Waals surface area contributed by atoms with E-state index in [9.17, 15) is 31.2 Å². The number of hydrogen-bond donors (Lipinski definition) is 2. The predicted molar refractivity (Wildman–Crippen MR) is 101 cm³/mol. The van der Waals surface area contributed by atoms with Gasteiger partial charge in [0.1, 0.15) is 28.6 Å². The van der Waals surface area contributed by atoms with Crippen molar-refractivity contribution in [3.63, 3.8) is 0 Å². The van der Waals surface area contributed by atoms with Gasteiger partial charge in [0.2, 0.25) is 10.0 Å². The molecular weight excluding hydrogens is 439 g/mol.